The molecule has 118 valence electrons. The van der Waals surface area contributed by atoms with Crippen LogP contribution in [0.3, 0.4) is 0 Å². The molecule has 0 saturated heterocycles. The van der Waals surface area contributed by atoms with E-state index in [0.29, 0.717) is 17.5 Å². The molecular formula is C16H16N4OS2. The number of hydrogen-bond acceptors (Lipinski definition) is 5. The van der Waals surface area contributed by atoms with Crippen molar-refractivity contribution in [2.45, 2.75) is 30.5 Å². The average molecular weight is 344 g/mol. The fraction of sp³-hybridized carbons (Fsp3) is 0.312. The highest BCUT2D eigenvalue weighted by Crippen LogP contribution is 2.39. The molecule has 0 unspecified atom stereocenters. The summed E-state index contributed by atoms with van der Waals surface area (Å²) in [7, 11) is 0. The molecule has 0 radical (unpaired) electrons. The lowest BCUT2D eigenvalue weighted by Crippen LogP contribution is -2.06. The Balaban J connectivity index is 1.50. The number of thioether (sulfide) groups is 1. The van der Waals surface area contributed by atoms with Gasteiger partial charge in [0.1, 0.15) is 5.82 Å². The molecule has 4 rings (SSSR count). The van der Waals surface area contributed by atoms with Gasteiger partial charge in [0.15, 0.2) is 10.9 Å². The number of rotatable bonds is 7. The smallest absolute Gasteiger partial charge is 0.191 e. The van der Waals surface area contributed by atoms with Gasteiger partial charge in [-0.1, -0.05) is 17.8 Å². The van der Waals surface area contributed by atoms with Crippen LogP contribution in [0.4, 0.5) is 0 Å². The molecule has 0 atom stereocenters. The maximum Gasteiger partial charge on any atom is 0.191 e. The van der Waals surface area contributed by atoms with Gasteiger partial charge in [-0.05, 0) is 36.4 Å². The molecule has 7 heteroatoms. The van der Waals surface area contributed by atoms with Crippen LogP contribution in [0.25, 0.3) is 0 Å². The Bertz CT molecular complexity index is 788. The van der Waals surface area contributed by atoms with E-state index >= 15 is 0 Å². The van der Waals surface area contributed by atoms with E-state index < -0.39 is 0 Å². The van der Waals surface area contributed by atoms with E-state index in [4.69, 9.17) is 0 Å². The molecular weight excluding hydrogens is 328 g/mol. The molecule has 0 spiro atoms. The Morgan fingerprint density at radius 1 is 1.35 bits per heavy atom. The number of carbonyl (C=O) groups is 1. The van der Waals surface area contributed by atoms with Crippen molar-refractivity contribution in [1.82, 2.24) is 19.7 Å². The third-order valence-corrected chi connectivity index (χ3v) is 5.61. The molecule has 23 heavy (non-hydrogen) atoms. The number of aromatic nitrogens is 4. The molecule has 0 aliphatic heterocycles. The van der Waals surface area contributed by atoms with Crippen molar-refractivity contribution in [3.63, 3.8) is 0 Å². The van der Waals surface area contributed by atoms with Crippen LogP contribution in [0, 0.1) is 0 Å². The summed E-state index contributed by atoms with van der Waals surface area (Å²) in [6.07, 6.45) is 4.93. The van der Waals surface area contributed by atoms with Gasteiger partial charge in [0.2, 0.25) is 0 Å². The van der Waals surface area contributed by atoms with Crippen molar-refractivity contribution in [3.8, 4) is 0 Å². The normalized spacial score (nSPS) is 14.3. The van der Waals surface area contributed by atoms with Crippen LogP contribution in [0.2, 0.25) is 0 Å². The van der Waals surface area contributed by atoms with Gasteiger partial charge in [-0.15, -0.1) is 21.5 Å². The standard InChI is InChI=1S/C16H16N4OS2/c21-14(13-4-1-7-17-13)10-23-16-19-18-15(20(16)11-5-6-11)9-12-3-2-8-22-12/h1-4,7-8,11,17H,5-6,9-10H2. The number of hydrogen-bond donors (Lipinski definition) is 1. The average Bonchev–Trinajstić information content (AvgIpc) is 3.02. The van der Waals surface area contributed by atoms with Crippen molar-refractivity contribution >= 4 is 28.9 Å². The molecule has 1 fully saturated rings. The van der Waals surface area contributed by atoms with E-state index in [2.05, 4.69) is 37.3 Å². The maximum absolute atomic E-state index is 12.1. The topological polar surface area (TPSA) is 63.6 Å². The Labute approximate surface area is 142 Å². The Morgan fingerprint density at radius 3 is 2.96 bits per heavy atom. The molecule has 3 aromatic rings. The first-order chi connectivity index (χ1) is 11.3. The molecule has 0 amide bonds. The van der Waals surface area contributed by atoms with E-state index in [1.807, 2.05) is 6.07 Å². The van der Waals surface area contributed by atoms with Crippen LogP contribution in [-0.2, 0) is 6.42 Å². The number of thiophene rings is 1. The lowest BCUT2D eigenvalue weighted by atomic mass is 10.3. The Hall–Kier alpha value is -1.86. The maximum atomic E-state index is 12.1. The van der Waals surface area contributed by atoms with Crippen molar-refractivity contribution in [2.75, 3.05) is 5.75 Å². The molecule has 1 aliphatic rings. The predicted molar refractivity (Wildman–Crippen MR) is 91.3 cm³/mol. The number of H-pyrrole nitrogens is 1. The SMILES string of the molecule is O=C(CSc1nnc(Cc2cccs2)n1C1CC1)c1ccc[nH]1. The summed E-state index contributed by atoms with van der Waals surface area (Å²) in [5.74, 6) is 1.47. The van der Waals surface area contributed by atoms with Crippen LogP contribution < -0.4 is 0 Å². The number of nitrogens with zero attached hydrogens (tertiary/aromatic N) is 3. The quantitative estimate of drug-likeness (QED) is 0.526. The highest BCUT2D eigenvalue weighted by molar-refractivity contribution is 7.99. The van der Waals surface area contributed by atoms with Gasteiger partial charge >= 0.3 is 0 Å². The Kier molecular flexibility index (Phi) is 4.05. The van der Waals surface area contributed by atoms with Gasteiger partial charge < -0.3 is 9.55 Å². The minimum Gasteiger partial charge on any atom is -0.359 e. The largest absolute Gasteiger partial charge is 0.359 e. The molecule has 1 saturated carbocycles. The number of nitrogens with one attached hydrogen (secondary N) is 1. The van der Waals surface area contributed by atoms with E-state index in [-0.39, 0.29) is 5.78 Å². The fourth-order valence-corrected chi connectivity index (χ4v) is 4.12. The Morgan fingerprint density at radius 2 is 2.26 bits per heavy atom. The molecule has 1 N–H and O–H groups in total. The van der Waals surface area contributed by atoms with Gasteiger partial charge in [-0.2, -0.15) is 0 Å². The molecule has 1 aliphatic carbocycles. The monoisotopic (exact) mass is 344 g/mol. The fourth-order valence-electron chi connectivity index (χ4n) is 2.51. The van der Waals surface area contributed by atoms with E-state index in [1.54, 1.807) is 23.6 Å². The zero-order chi connectivity index (χ0) is 15.6. The highest BCUT2D eigenvalue weighted by Gasteiger charge is 2.30. The van der Waals surface area contributed by atoms with Crippen molar-refractivity contribution < 1.29 is 4.79 Å². The van der Waals surface area contributed by atoms with Crippen molar-refractivity contribution in [2.24, 2.45) is 0 Å². The summed E-state index contributed by atoms with van der Waals surface area (Å²) in [6, 6.07) is 8.32. The van der Waals surface area contributed by atoms with Crippen LogP contribution in [0.1, 0.15) is 40.1 Å². The lowest BCUT2D eigenvalue weighted by Gasteiger charge is -2.07. The first-order valence-electron chi connectivity index (χ1n) is 7.57. The van der Waals surface area contributed by atoms with Crippen molar-refractivity contribution in [3.05, 3.63) is 52.2 Å². The van der Waals surface area contributed by atoms with Gasteiger partial charge in [0.25, 0.3) is 0 Å². The molecule has 0 bridgehead atoms. The van der Waals surface area contributed by atoms with Crippen LogP contribution >= 0.6 is 23.1 Å². The number of Topliss-reactive ketones (excluding diaryl/α,β-unsaturated/α-hetero) is 1. The lowest BCUT2D eigenvalue weighted by molar-refractivity contribution is 0.101. The number of aromatic amines is 1. The van der Waals surface area contributed by atoms with Gasteiger partial charge in [0, 0.05) is 23.5 Å². The highest BCUT2D eigenvalue weighted by atomic mass is 32.2. The van der Waals surface area contributed by atoms with Crippen molar-refractivity contribution in [1.29, 1.82) is 0 Å². The second-order valence-electron chi connectivity index (χ2n) is 5.55. The predicted octanol–water partition coefficient (Wildman–Crippen LogP) is 3.57. The van der Waals surface area contributed by atoms with Crippen LogP contribution in [0.5, 0.6) is 0 Å². The molecule has 3 heterocycles. The van der Waals surface area contributed by atoms with E-state index in [1.165, 1.54) is 29.5 Å². The minimum atomic E-state index is 0.0881. The summed E-state index contributed by atoms with van der Waals surface area (Å²) in [6.45, 7) is 0. The summed E-state index contributed by atoms with van der Waals surface area (Å²) in [5.41, 5.74) is 0.647. The van der Waals surface area contributed by atoms with Gasteiger partial charge in [0.05, 0.1) is 11.4 Å². The zero-order valence-electron chi connectivity index (χ0n) is 12.4. The molecule has 3 aromatic heterocycles. The molecule has 5 nitrogen and oxygen atoms in total. The summed E-state index contributed by atoms with van der Waals surface area (Å²) in [5, 5.41) is 11.6. The first-order valence-corrected chi connectivity index (χ1v) is 9.43. The van der Waals surface area contributed by atoms with Gasteiger partial charge in [-0.3, -0.25) is 4.79 Å². The van der Waals surface area contributed by atoms with Gasteiger partial charge in [-0.25, -0.2) is 0 Å². The summed E-state index contributed by atoms with van der Waals surface area (Å²) < 4.78 is 2.23. The van der Waals surface area contributed by atoms with Crippen LogP contribution in [0.15, 0.2) is 41.0 Å². The minimum absolute atomic E-state index is 0.0881. The summed E-state index contributed by atoms with van der Waals surface area (Å²) >= 11 is 3.22. The zero-order valence-corrected chi connectivity index (χ0v) is 14.1. The number of ketones is 1. The third kappa shape index (κ3) is 3.25. The van der Waals surface area contributed by atoms with Crippen LogP contribution in [-0.4, -0.2) is 31.3 Å². The molecule has 0 aromatic carbocycles. The first kappa shape index (κ1) is 14.7. The second kappa shape index (κ2) is 6.33. The van der Waals surface area contributed by atoms with E-state index in [0.717, 1.165) is 17.4 Å². The number of carbonyl (C=O) groups excluding carboxylic acids is 1. The summed E-state index contributed by atoms with van der Waals surface area (Å²) in [4.78, 5) is 16.4. The van der Waals surface area contributed by atoms with E-state index in [9.17, 15) is 4.79 Å². The third-order valence-electron chi connectivity index (χ3n) is 3.79. The second-order valence-corrected chi connectivity index (χ2v) is 7.53.